The Balaban J connectivity index is 1.61. The quantitative estimate of drug-likeness (QED) is 0.782. The van der Waals surface area contributed by atoms with E-state index in [-0.39, 0.29) is 36.5 Å². The van der Waals surface area contributed by atoms with Crippen LogP contribution in [0.15, 0.2) is 24.3 Å². The van der Waals surface area contributed by atoms with Gasteiger partial charge < -0.3 is 10.2 Å². The van der Waals surface area contributed by atoms with Gasteiger partial charge in [0.15, 0.2) is 0 Å². The van der Waals surface area contributed by atoms with E-state index in [0.717, 1.165) is 25.7 Å². The number of rotatable bonds is 5. The van der Waals surface area contributed by atoms with Gasteiger partial charge >= 0.3 is 0 Å². The van der Waals surface area contributed by atoms with Gasteiger partial charge in [-0.3, -0.25) is 9.59 Å². The molecule has 1 N–H and O–H groups in total. The van der Waals surface area contributed by atoms with E-state index in [4.69, 9.17) is 11.6 Å². The molecule has 4 nitrogen and oxygen atoms in total. The molecule has 1 saturated carbocycles. The van der Waals surface area contributed by atoms with Crippen LogP contribution in [0.4, 0.5) is 4.39 Å². The van der Waals surface area contributed by atoms with Gasteiger partial charge in [-0.1, -0.05) is 50.4 Å². The Hall–Kier alpha value is -1.62. The van der Waals surface area contributed by atoms with Gasteiger partial charge in [-0.25, -0.2) is 4.39 Å². The van der Waals surface area contributed by atoms with Crippen LogP contribution in [0.25, 0.3) is 0 Å². The Morgan fingerprint density at radius 3 is 2.25 bits per heavy atom. The van der Waals surface area contributed by atoms with Crippen LogP contribution in [0.3, 0.4) is 0 Å². The number of alkyl halides is 1. The molecule has 3 rings (SSSR count). The molecule has 1 aliphatic carbocycles. The Labute approximate surface area is 171 Å². The van der Waals surface area contributed by atoms with Crippen molar-refractivity contribution in [2.24, 2.45) is 11.8 Å². The van der Waals surface area contributed by atoms with Crippen LogP contribution < -0.4 is 5.32 Å². The molecule has 1 heterocycles. The van der Waals surface area contributed by atoms with E-state index >= 15 is 4.39 Å². The first-order valence-corrected chi connectivity index (χ1v) is 10.7. The highest BCUT2D eigenvalue weighted by molar-refractivity contribution is 6.30. The highest BCUT2D eigenvalue weighted by atomic mass is 35.5. The largest absolute Gasteiger partial charge is 0.344 e. The van der Waals surface area contributed by atoms with Crippen molar-refractivity contribution in [3.05, 3.63) is 34.9 Å². The molecule has 0 aromatic heterocycles. The normalized spacial score (nSPS) is 21.0. The number of nitrogens with one attached hydrogen (secondary N) is 1. The van der Waals surface area contributed by atoms with Gasteiger partial charge in [0.05, 0.1) is 0 Å². The SMILES string of the molecule is CC(C)C(NC(=O)C1CCCC1)C(=O)N1CCC(F)(c2ccc(Cl)cc2)CC1. The molecule has 1 aromatic carbocycles. The van der Waals surface area contributed by atoms with Crippen LogP contribution in [0.5, 0.6) is 0 Å². The molecule has 1 aliphatic heterocycles. The van der Waals surface area contributed by atoms with Crippen molar-refractivity contribution >= 4 is 23.4 Å². The molecule has 1 unspecified atom stereocenters. The molecule has 6 heteroatoms. The van der Waals surface area contributed by atoms with Crippen LogP contribution >= 0.6 is 11.6 Å². The summed E-state index contributed by atoms with van der Waals surface area (Å²) in [7, 11) is 0. The predicted molar refractivity (Wildman–Crippen MR) is 109 cm³/mol. The third kappa shape index (κ3) is 4.68. The molecular formula is C22H30ClFN2O2. The Bertz CT molecular complexity index is 693. The van der Waals surface area contributed by atoms with Crippen LogP contribution in [-0.2, 0) is 15.3 Å². The summed E-state index contributed by atoms with van der Waals surface area (Å²) in [6, 6.07) is 6.29. The van der Waals surface area contributed by atoms with Crippen molar-refractivity contribution in [1.82, 2.24) is 10.2 Å². The topological polar surface area (TPSA) is 49.4 Å². The molecule has 154 valence electrons. The third-order valence-electron chi connectivity index (χ3n) is 6.19. The maximum absolute atomic E-state index is 15.4. The molecule has 2 fully saturated rings. The molecule has 1 atom stereocenters. The van der Waals surface area contributed by atoms with Crippen molar-refractivity contribution in [1.29, 1.82) is 0 Å². The Morgan fingerprint density at radius 1 is 1.14 bits per heavy atom. The minimum absolute atomic E-state index is 0.00817. The van der Waals surface area contributed by atoms with Crippen molar-refractivity contribution in [2.75, 3.05) is 13.1 Å². The maximum atomic E-state index is 15.4. The lowest BCUT2D eigenvalue weighted by Gasteiger charge is -2.39. The number of piperidine rings is 1. The number of nitrogens with zero attached hydrogens (tertiary/aromatic N) is 1. The summed E-state index contributed by atoms with van der Waals surface area (Å²) in [5.74, 6) is -0.0907. The van der Waals surface area contributed by atoms with E-state index in [2.05, 4.69) is 5.32 Å². The van der Waals surface area contributed by atoms with Gasteiger partial charge in [0.2, 0.25) is 11.8 Å². The lowest BCUT2D eigenvalue weighted by molar-refractivity contribution is -0.140. The second-order valence-electron chi connectivity index (χ2n) is 8.51. The zero-order valence-electron chi connectivity index (χ0n) is 16.7. The first kappa shape index (κ1) is 21.1. The lowest BCUT2D eigenvalue weighted by Crippen LogP contribution is -2.54. The summed E-state index contributed by atoms with van der Waals surface area (Å²) in [5.41, 5.74) is -0.833. The lowest BCUT2D eigenvalue weighted by atomic mass is 9.85. The molecular weight excluding hydrogens is 379 g/mol. The third-order valence-corrected chi connectivity index (χ3v) is 6.44. The number of amides is 2. The van der Waals surface area contributed by atoms with Crippen molar-refractivity contribution in [3.63, 3.8) is 0 Å². The minimum atomic E-state index is -1.44. The van der Waals surface area contributed by atoms with E-state index in [1.54, 1.807) is 29.2 Å². The van der Waals surface area contributed by atoms with Gasteiger partial charge in [-0.05, 0) is 36.5 Å². The number of carbonyl (C=O) groups is 2. The zero-order chi connectivity index (χ0) is 20.3. The number of hydrogen-bond acceptors (Lipinski definition) is 2. The smallest absolute Gasteiger partial charge is 0.245 e. The number of likely N-dealkylation sites (tertiary alicyclic amines) is 1. The predicted octanol–water partition coefficient (Wildman–Crippen LogP) is 4.46. The first-order valence-electron chi connectivity index (χ1n) is 10.3. The van der Waals surface area contributed by atoms with E-state index in [0.29, 0.717) is 23.7 Å². The van der Waals surface area contributed by atoms with E-state index in [1.807, 2.05) is 13.8 Å². The molecule has 0 spiro atoms. The Morgan fingerprint density at radius 2 is 1.71 bits per heavy atom. The average molecular weight is 409 g/mol. The Kier molecular flexibility index (Phi) is 6.64. The fourth-order valence-electron chi connectivity index (χ4n) is 4.29. The molecule has 1 saturated heterocycles. The maximum Gasteiger partial charge on any atom is 0.245 e. The summed E-state index contributed by atoms with van der Waals surface area (Å²) in [6.45, 7) is 4.57. The van der Waals surface area contributed by atoms with Crippen molar-refractivity contribution < 1.29 is 14.0 Å². The zero-order valence-corrected chi connectivity index (χ0v) is 17.5. The number of carbonyl (C=O) groups excluding carboxylic acids is 2. The monoisotopic (exact) mass is 408 g/mol. The van der Waals surface area contributed by atoms with E-state index in [1.165, 1.54) is 0 Å². The second-order valence-corrected chi connectivity index (χ2v) is 8.95. The molecule has 0 bridgehead atoms. The first-order chi connectivity index (χ1) is 13.3. The fraction of sp³-hybridized carbons (Fsp3) is 0.636. The fourth-order valence-corrected chi connectivity index (χ4v) is 4.41. The highest BCUT2D eigenvalue weighted by Gasteiger charge is 2.40. The molecule has 1 aromatic rings. The molecule has 2 amide bonds. The van der Waals surface area contributed by atoms with E-state index in [9.17, 15) is 9.59 Å². The number of hydrogen-bond donors (Lipinski definition) is 1. The van der Waals surface area contributed by atoms with E-state index < -0.39 is 11.7 Å². The van der Waals surface area contributed by atoms with Crippen LogP contribution in [0.1, 0.15) is 57.9 Å². The van der Waals surface area contributed by atoms with Crippen molar-refractivity contribution in [3.8, 4) is 0 Å². The molecule has 2 aliphatic rings. The summed E-state index contributed by atoms with van der Waals surface area (Å²) < 4.78 is 15.4. The summed E-state index contributed by atoms with van der Waals surface area (Å²) >= 11 is 5.90. The summed E-state index contributed by atoms with van der Waals surface area (Å²) in [5, 5.41) is 3.56. The van der Waals surface area contributed by atoms with Gasteiger partial charge in [0, 0.05) is 36.9 Å². The number of benzene rings is 1. The summed E-state index contributed by atoms with van der Waals surface area (Å²) in [4.78, 5) is 27.3. The van der Waals surface area contributed by atoms with Crippen LogP contribution in [0, 0.1) is 11.8 Å². The van der Waals surface area contributed by atoms with Crippen LogP contribution in [-0.4, -0.2) is 35.8 Å². The number of halogens is 2. The minimum Gasteiger partial charge on any atom is -0.344 e. The molecule has 0 radical (unpaired) electrons. The summed E-state index contributed by atoms with van der Waals surface area (Å²) in [6.07, 6.45) is 4.46. The van der Waals surface area contributed by atoms with Gasteiger partial charge in [0.1, 0.15) is 11.7 Å². The van der Waals surface area contributed by atoms with Crippen LogP contribution in [0.2, 0.25) is 5.02 Å². The van der Waals surface area contributed by atoms with Gasteiger partial charge in [0.25, 0.3) is 0 Å². The van der Waals surface area contributed by atoms with Crippen molar-refractivity contribution in [2.45, 2.75) is 64.1 Å². The van der Waals surface area contributed by atoms with Gasteiger partial charge in [-0.2, -0.15) is 0 Å². The highest BCUT2D eigenvalue weighted by Crippen LogP contribution is 2.37. The van der Waals surface area contributed by atoms with Gasteiger partial charge in [-0.15, -0.1) is 0 Å². The second kappa shape index (κ2) is 8.81. The average Bonchev–Trinajstić information content (AvgIpc) is 3.21. The standard InChI is InChI=1S/C22H30ClFN2O2/c1-15(2)19(25-20(27)16-5-3-4-6-16)21(28)26-13-11-22(24,12-14-26)17-7-9-18(23)10-8-17/h7-10,15-16,19H,3-6,11-14H2,1-2H3,(H,25,27). The molecule has 28 heavy (non-hydrogen) atoms.